The van der Waals surface area contributed by atoms with Crippen LogP contribution in [0.15, 0.2) is 72.8 Å². The molecule has 0 saturated carbocycles. The molecule has 5 rings (SSSR count). The summed E-state index contributed by atoms with van der Waals surface area (Å²) in [6, 6.07) is 20.5. The predicted molar refractivity (Wildman–Crippen MR) is 134 cm³/mol. The summed E-state index contributed by atoms with van der Waals surface area (Å²) in [5.41, 5.74) is 1.02. The highest BCUT2D eigenvalue weighted by atomic mass is 35.5. The van der Waals surface area contributed by atoms with Crippen molar-refractivity contribution in [1.29, 1.82) is 0 Å². The number of carbonyl (C=O) groups excluding carboxylic acids is 2. The highest BCUT2D eigenvalue weighted by Gasteiger charge is 2.68. The Morgan fingerprint density at radius 2 is 1.69 bits per heavy atom. The number of aliphatic carboxylic acids is 1. The van der Waals surface area contributed by atoms with E-state index in [9.17, 15) is 19.5 Å². The number of halogens is 2. The Kier molecular flexibility index (Phi) is 5.91. The summed E-state index contributed by atoms with van der Waals surface area (Å²) in [4.78, 5) is 41.7. The molecule has 35 heavy (non-hydrogen) atoms. The second-order valence-electron chi connectivity index (χ2n) is 9.08. The molecule has 6 nitrogen and oxygen atoms in total. The van der Waals surface area contributed by atoms with Gasteiger partial charge < -0.3 is 5.11 Å². The minimum absolute atomic E-state index is 0.0356. The van der Waals surface area contributed by atoms with Crippen LogP contribution < -0.4 is 10.2 Å². The number of carboxylic acid groups (broad SMARTS) is 1. The predicted octanol–water partition coefficient (Wildman–Crippen LogP) is 4.82. The number of hydrogen-bond acceptors (Lipinski definition) is 4. The minimum Gasteiger partial charge on any atom is -0.480 e. The summed E-state index contributed by atoms with van der Waals surface area (Å²) < 4.78 is 0. The Bertz CT molecular complexity index is 1330. The van der Waals surface area contributed by atoms with E-state index in [4.69, 9.17) is 23.2 Å². The molecular formula is C27H22Cl2N2O4. The first-order valence-electron chi connectivity index (χ1n) is 11.2. The van der Waals surface area contributed by atoms with Gasteiger partial charge in [-0.15, -0.1) is 0 Å². The molecule has 0 aromatic heterocycles. The topological polar surface area (TPSA) is 86.7 Å². The monoisotopic (exact) mass is 508 g/mol. The lowest BCUT2D eigenvalue weighted by Gasteiger charge is -2.31. The second-order valence-corrected chi connectivity index (χ2v) is 9.93. The van der Waals surface area contributed by atoms with Crippen molar-refractivity contribution >= 4 is 46.7 Å². The lowest BCUT2D eigenvalue weighted by molar-refractivity contribution is -0.148. The maximum atomic E-state index is 13.9. The Hall–Kier alpha value is -3.19. The first-order valence-corrected chi connectivity index (χ1v) is 11.9. The van der Waals surface area contributed by atoms with Crippen LogP contribution >= 0.6 is 23.2 Å². The number of nitrogens with zero attached hydrogens (tertiary/aromatic N) is 1. The van der Waals surface area contributed by atoms with E-state index in [1.165, 1.54) is 12.1 Å². The van der Waals surface area contributed by atoms with Gasteiger partial charge in [0.05, 0.1) is 22.5 Å². The molecule has 2 N–H and O–H groups in total. The van der Waals surface area contributed by atoms with E-state index >= 15 is 0 Å². The van der Waals surface area contributed by atoms with Gasteiger partial charge in [0.1, 0.15) is 5.54 Å². The van der Waals surface area contributed by atoms with E-state index in [1.807, 2.05) is 61.5 Å². The van der Waals surface area contributed by atoms with Crippen LogP contribution in [0.1, 0.15) is 22.7 Å². The number of imide groups is 1. The smallest absolute Gasteiger partial charge is 0.325 e. The molecule has 0 aliphatic carbocycles. The number of aryl methyl sites for hydroxylation is 1. The number of nitrogens with one attached hydrogen (secondary N) is 1. The number of rotatable bonds is 5. The Morgan fingerprint density at radius 3 is 2.31 bits per heavy atom. The van der Waals surface area contributed by atoms with Gasteiger partial charge in [-0.3, -0.25) is 19.7 Å². The van der Waals surface area contributed by atoms with Crippen molar-refractivity contribution in [1.82, 2.24) is 5.32 Å². The van der Waals surface area contributed by atoms with Crippen molar-refractivity contribution in [3.05, 3.63) is 99.5 Å². The maximum Gasteiger partial charge on any atom is 0.325 e. The molecule has 2 aliphatic heterocycles. The van der Waals surface area contributed by atoms with Gasteiger partial charge in [0.15, 0.2) is 0 Å². The highest BCUT2D eigenvalue weighted by Crippen LogP contribution is 2.51. The molecule has 2 heterocycles. The number of fused-ring (bicyclic) bond motifs is 1. The molecule has 0 radical (unpaired) electrons. The van der Waals surface area contributed by atoms with Crippen molar-refractivity contribution in [3.8, 4) is 0 Å². The van der Waals surface area contributed by atoms with E-state index < -0.39 is 41.2 Å². The fraction of sp³-hybridized carbons (Fsp3) is 0.222. The van der Waals surface area contributed by atoms with Gasteiger partial charge in [-0.1, -0.05) is 83.4 Å². The van der Waals surface area contributed by atoms with E-state index in [1.54, 1.807) is 6.07 Å². The number of anilines is 1. The maximum absolute atomic E-state index is 13.9. The minimum atomic E-state index is -1.69. The fourth-order valence-electron chi connectivity index (χ4n) is 5.32. The molecule has 2 amide bonds. The van der Waals surface area contributed by atoms with Crippen molar-refractivity contribution in [2.75, 3.05) is 4.90 Å². The van der Waals surface area contributed by atoms with Crippen LogP contribution in [0.2, 0.25) is 10.0 Å². The Morgan fingerprint density at radius 1 is 1.00 bits per heavy atom. The van der Waals surface area contributed by atoms with E-state index in [-0.39, 0.29) is 17.1 Å². The molecule has 2 saturated heterocycles. The normalized spacial score (nSPS) is 25.7. The zero-order valence-corrected chi connectivity index (χ0v) is 20.3. The molecule has 8 heteroatoms. The lowest BCUT2D eigenvalue weighted by Crippen LogP contribution is -2.57. The third-order valence-electron chi connectivity index (χ3n) is 6.95. The number of carboxylic acids is 1. The van der Waals surface area contributed by atoms with E-state index in [0.717, 1.165) is 21.6 Å². The number of amides is 2. The standard InChI is InChI=1S/C27H22Cl2N2O4/c1-15-7-9-17(10-8-15)23-21-22(27(30-23,26(34)35)14-16-5-3-2-4-6-16)25(33)31(24(21)32)20-12-11-18(28)13-19(20)29/h2-13,21-23,30H,14H2,1H3,(H,34,35). The van der Waals surface area contributed by atoms with Gasteiger partial charge >= 0.3 is 5.97 Å². The summed E-state index contributed by atoms with van der Waals surface area (Å²) in [5, 5.41) is 14.3. The molecule has 3 aromatic carbocycles. The van der Waals surface area contributed by atoms with Crippen molar-refractivity contribution in [3.63, 3.8) is 0 Å². The molecular weight excluding hydrogens is 487 g/mol. The van der Waals surface area contributed by atoms with Crippen LogP contribution in [-0.4, -0.2) is 28.4 Å². The summed E-state index contributed by atoms with van der Waals surface area (Å²) in [7, 11) is 0. The lowest BCUT2D eigenvalue weighted by atomic mass is 9.76. The fourth-order valence-corrected chi connectivity index (χ4v) is 5.81. The molecule has 2 fully saturated rings. The third-order valence-corrected chi connectivity index (χ3v) is 7.49. The molecule has 0 spiro atoms. The van der Waals surface area contributed by atoms with Gasteiger partial charge in [0, 0.05) is 17.5 Å². The van der Waals surface area contributed by atoms with Crippen LogP contribution in [-0.2, 0) is 20.8 Å². The Labute approximate surface area is 212 Å². The molecule has 4 unspecified atom stereocenters. The van der Waals surface area contributed by atoms with Crippen molar-refractivity contribution < 1.29 is 19.5 Å². The zero-order chi connectivity index (χ0) is 24.9. The molecule has 2 aliphatic rings. The summed E-state index contributed by atoms with van der Waals surface area (Å²) in [5.74, 6) is -4.32. The van der Waals surface area contributed by atoms with E-state index in [0.29, 0.717) is 5.02 Å². The van der Waals surface area contributed by atoms with Crippen molar-refractivity contribution in [2.45, 2.75) is 24.9 Å². The average Bonchev–Trinajstić information content (AvgIpc) is 3.30. The van der Waals surface area contributed by atoms with Crippen LogP contribution in [0.25, 0.3) is 0 Å². The molecule has 0 bridgehead atoms. The van der Waals surface area contributed by atoms with Crippen molar-refractivity contribution in [2.24, 2.45) is 11.8 Å². The summed E-state index contributed by atoms with van der Waals surface area (Å²) in [6.45, 7) is 1.94. The SMILES string of the molecule is Cc1ccc(C2NC(Cc3ccccc3)(C(=O)O)C3C(=O)N(c4ccc(Cl)cc4Cl)C(=O)C23)cc1. The quantitative estimate of drug-likeness (QED) is 0.482. The van der Waals surface area contributed by atoms with Crippen LogP contribution in [0, 0.1) is 18.8 Å². The van der Waals surface area contributed by atoms with Crippen LogP contribution in [0.5, 0.6) is 0 Å². The van der Waals surface area contributed by atoms with Gasteiger partial charge in [0.2, 0.25) is 11.8 Å². The van der Waals surface area contributed by atoms with E-state index in [2.05, 4.69) is 5.32 Å². The van der Waals surface area contributed by atoms with Gasteiger partial charge in [0.25, 0.3) is 0 Å². The molecule has 3 aromatic rings. The first-order chi connectivity index (χ1) is 16.7. The number of benzene rings is 3. The Balaban J connectivity index is 1.67. The summed E-state index contributed by atoms with van der Waals surface area (Å²) in [6.07, 6.45) is 0.0356. The largest absolute Gasteiger partial charge is 0.480 e. The third kappa shape index (κ3) is 3.82. The molecule has 4 atom stereocenters. The van der Waals surface area contributed by atoms with Gasteiger partial charge in [-0.05, 0) is 36.2 Å². The average molecular weight is 509 g/mol. The van der Waals surface area contributed by atoms with Gasteiger partial charge in [-0.25, -0.2) is 4.90 Å². The zero-order valence-electron chi connectivity index (χ0n) is 18.7. The number of hydrogen-bond donors (Lipinski definition) is 2. The first kappa shape index (κ1) is 23.5. The summed E-state index contributed by atoms with van der Waals surface area (Å²) >= 11 is 12.4. The number of carbonyl (C=O) groups is 3. The van der Waals surface area contributed by atoms with Crippen LogP contribution in [0.4, 0.5) is 5.69 Å². The highest BCUT2D eigenvalue weighted by molar-refractivity contribution is 6.38. The molecule has 178 valence electrons. The van der Waals surface area contributed by atoms with Gasteiger partial charge in [-0.2, -0.15) is 0 Å². The van der Waals surface area contributed by atoms with Crippen LogP contribution in [0.3, 0.4) is 0 Å². The second kappa shape index (κ2) is 8.79.